The van der Waals surface area contributed by atoms with Crippen LogP contribution in [0, 0.1) is 0 Å². The number of rotatable bonds is 8. The molecule has 2 aromatic rings. The van der Waals surface area contributed by atoms with Crippen molar-refractivity contribution in [2.75, 3.05) is 21.3 Å². The molecule has 144 valence electrons. The molecule has 1 atom stereocenters. The van der Waals surface area contributed by atoms with Crippen molar-refractivity contribution in [3.05, 3.63) is 53.1 Å². The lowest BCUT2D eigenvalue weighted by atomic mass is 10.0. The first-order valence-corrected chi connectivity index (χ1v) is 8.59. The summed E-state index contributed by atoms with van der Waals surface area (Å²) in [5.74, 6) is 0.117. The zero-order valence-electron chi connectivity index (χ0n) is 16.2. The van der Waals surface area contributed by atoms with Crippen LogP contribution in [0.1, 0.15) is 40.1 Å². The number of methoxy groups -OCH3 is 3. The van der Waals surface area contributed by atoms with Crippen LogP contribution in [0.5, 0.6) is 17.2 Å². The lowest BCUT2D eigenvalue weighted by molar-refractivity contribution is 0.0318. The van der Waals surface area contributed by atoms with Gasteiger partial charge in [0, 0.05) is 5.56 Å². The lowest BCUT2D eigenvalue weighted by Gasteiger charge is -2.16. The van der Waals surface area contributed by atoms with Gasteiger partial charge in [-0.1, -0.05) is 31.2 Å². The van der Waals surface area contributed by atoms with Gasteiger partial charge in [0.25, 0.3) is 0 Å². The van der Waals surface area contributed by atoms with Crippen molar-refractivity contribution in [3.63, 3.8) is 0 Å². The van der Waals surface area contributed by atoms with Gasteiger partial charge in [-0.25, -0.2) is 4.79 Å². The number of aryl methyl sites for hydroxylation is 1. The van der Waals surface area contributed by atoms with Crippen LogP contribution in [0.15, 0.2) is 36.4 Å². The van der Waals surface area contributed by atoms with Crippen molar-refractivity contribution >= 4 is 11.8 Å². The molecule has 0 amide bonds. The molecule has 2 rings (SSSR count). The molecule has 0 aliphatic carbocycles. The Kier molecular flexibility index (Phi) is 6.82. The van der Waals surface area contributed by atoms with Gasteiger partial charge in [-0.3, -0.25) is 4.79 Å². The first-order valence-electron chi connectivity index (χ1n) is 8.59. The third-order valence-electron chi connectivity index (χ3n) is 4.20. The average molecular weight is 372 g/mol. The van der Waals surface area contributed by atoms with E-state index in [0.717, 1.165) is 12.0 Å². The number of Topliss-reactive ketones (excluding diaryl/α,β-unsaturated/α-hetero) is 1. The summed E-state index contributed by atoms with van der Waals surface area (Å²) in [5.41, 5.74) is 1.83. The largest absolute Gasteiger partial charge is 0.493 e. The molecule has 6 nitrogen and oxygen atoms in total. The molecule has 6 heteroatoms. The maximum Gasteiger partial charge on any atom is 0.339 e. The van der Waals surface area contributed by atoms with E-state index < -0.39 is 12.1 Å². The highest BCUT2D eigenvalue weighted by molar-refractivity contribution is 6.01. The van der Waals surface area contributed by atoms with Crippen LogP contribution >= 0.6 is 0 Å². The summed E-state index contributed by atoms with van der Waals surface area (Å²) in [6, 6.07) is 10.2. The SMILES string of the molecule is CCc1ccc(C(=O)C(C)OC(=O)c2cc(OC)c(OC)c(OC)c2)cc1. The number of ether oxygens (including phenoxy) is 4. The van der Waals surface area contributed by atoms with E-state index >= 15 is 0 Å². The van der Waals surface area contributed by atoms with Gasteiger partial charge in [0.1, 0.15) is 0 Å². The molecule has 0 fully saturated rings. The second-order valence-electron chi connectivity index (χ2n) is 5.88. The van der Waals surface area contributed by atoms with Gasteiger partial charge >= 0.3 is 5.97 Å². The summed E-state index contributed by atoms with van der Waals surface area (Å²) in [6.07, 6.45) is -0.0378. The highest BCUT2D eigenvalue weighted by Gasteiger charge is 2.23. The van der Waals surface area contributed by atoms with E-state index in [1.54, 1.807) is 19.1 Å². The summed E-state index contributed by atoms with van der Waals surface area (Å²) in [5, 5.41) is 0. The molecule has 0 radical (unpaired) electrons. The summed E-state index contributed by atoms with van der Waals surface area (Å²) < 4.78 is 21.0. The normalized spacial score (nSPS) is 11.4. The minimum atomic E-state index is -0.927. The first kappa shape index (κ1) is 20.3. The Morgan fingerprint density at radius 1 is 0.889 bits per heavy atom. The molecule has 27 heavy (non-hydrogen) atoms. The minimum Gasteiger partial charge on any atom is -0.493 e. The van der Waals surface area contributed by atoms with Crippen LogP contribution in [0.3, 0.4) is 0 Å². The van der Waals surface area contributed by atoms with Crippen molar-refractivity contribution < 1.29 is 28.5 Å². The summed E-state index contributed by atoms with van der Waals surface area (Å²) in [7, 11) is 4.39. The highest BCUT2D eigenvalue weighted by atomic mass is 16.5. The van der Waals surface area contributed by atoms with Gasteiger partial charge in [-0.2, -0.15) is 0 Å². The molecule has 0 saturated carbocycles. The zero-order chi connectivity index (χ0) is 20.0. The smallest absolute Gasteiger partial charge is 0.339 e. The van der Waals surface area contributed by atoms with Gasteiger partial charge in [0.2, 0.25) is 11.5 Å². The van der Waals surface area contributed by atoms with Gasteiger partial charge in [0.05, 0.1) is 26.9 Å². The fourth-order valence-corrected chi connectivity index (χ4v) is 2.62. The molecule has 1 unspecified atom stereocenters. The van der Waals surface area contributed by atoms with Crippen molar-refractivity contribution in [3.8, 4) is 17.2 Å². The maximum atomic E-state index is 12.5. The van der Waals surface area contributed by atoms with Crippen LogP contribution in [0.25, 0.3) is 0 Å². The van der Waals surface area contributed by atoms with E-state index in [1.807, 2.05) is 19.1 Å². The first-order chi connectivity index (χ1) is 12.9. The second kappa shape index (κ2) is 9.07. The van der Waals surface area contributed by atoms with Crippen LogP contribution in [0.2, 0.25) is 0 Å². The maximum absolute atomic E-state index is 12.5. The Balaban J connectivity index is 2.19. The summed E-state index contributed by atoms with van der Waals surface area (Å²) in [6.45, 7) is 3.59. The van der Waals surface area contributed by atoms with E-state index in [-0.39, 0.29) is 11.3 Å². The molecule has 0 saturated heterocycles. The number of carbonyl (C=O) groups excluding carboxylic acids is 2. The van der Waals surface area contributed by atoms with Crippen LogP contribution in [-0.2, 0) is 11.2 Å². The Hall–Kier alpha value is -3.02. The molecular formula is C21H24O6. The van der Waals surface area contributed by atoms with Crippen LogP contribution in [-0.4, -0.2) is 39.2 Å². The molecule has 0 heterocycles. The Bertz CT molecular complexity index is 785. The number of benzene rings is 2. The minimum absolute atomic E-state index is 0.200. The van der Waals surface area contributed by atoms with Gasteiger partial charge in [-0.15, -0.1) is 0 Å². The van der Waals surface area contributed by atoms with Gasteiger partial charge in [0.15, 0.2) is 17.6 Å². The molecule has 0 bridgehead atoms. The van der Waals surface area contributed by atoms with E-state index in [0.29, 0.717) is 22.8 Å². The van der Waals surface area contributed by atoms with Crippen LogP contribution < -0.4 is 14.2 Å². The number of hydrogen-bond acceptors (Lipinski definition) is 6. The topological polar surface area (TPSA) is 71.1 Å². The predicted molar refractivity (Wildman–Crippen MR) is 101 cm³/mol. The Morgan fingerprint density at radius 2 is 1.44 bits per heavy atom. The van der Waals surface area contributed by atoms with Crippen molar-refractivity contribution in [1.82, 2.24) is 0 Å². The Morgan fingerprint density at radius 3 is 1.89 bits per heavy atom. The third kappa shape index (κ3) is 4.58. The van der Waals surface area contributed by atoms with Crippen molar-refractivity contribution in [1.29, 1.82) is 0 Å². The number of carbonyl (C=O) groups is 2. The second-order valence-corrected chi connectivity index (χ2v) is 5.88. The summed E-state index contributed by atoms with van der Waals surface area (Å²) >= 11 is 0. The number of esters is 1. The van der Waals surface area contributed by atoms with Gasteiger partial charge in [-0.05, 0) is 31.0 Å². The van der Waals surface area contributed by atoms with E-state index in [9.17, 15) is 9.59 Å². The monoisotopic (exact) mass is 372 g/mol. The lowest BCUT2D eigenvalue weighted by Crippen LogP contribution is -2.24. The fourth-order valence-electron chi connectivity index (χ4n) is 2.62. The summed E-state index contributed by atoms with van der Waals surface area (Å²) in [4.78, 5) is 25.0. The predicted octanol–water partition coefficient (Wildman–Crippen LogP) is 3.70. The van der Waals surface area contributed by atoms with Crippen LogP contribution in [0.4, 0.5) is 0 Å². The molecule has 0 aliphatic heterocycles. The quantitative estimate of drug-likeness (QED) is 0.520. The Labute approximate surface area is 159 Å². The third-order valence-corrected chi connectivity index (χ3v) is 4.20. The average Bonchev–Trinajstić information content (AvgIpc) is 2.71. The molecule has 0 N–H and O–H groups in total. The number of hydrogen-bond donors (Lipinski definition) is 0. The van der Waals surface area contributed by atoms with Gasteiger partial charge < -0.3 is 18.9 Å². The standard InChI is InChI=1S/C21H24O6/c1-6-14-7-9-15(10-8-14)19(22)13(2)27-21(23)16-11-17(24-3)20(26-5)18(12-16)25-4/h7-13H,6H2,1-5H3. The molecule has 2 aromatic carbocycles. The van der Waals surface area contributed by atoms with Crippen molar-refractivity contribution in [2.45, 2.75) is 26.4 Å². The van der Waals surface area contributed by atoms with E-state index in [1.165, 1.54) is 33.5 Å². The van der Waals surface area contributed by atoms with E-state index in [4.69, 9.17) is 18.9 Å². The molecule has 0 aromatic heterocycles. The molecule has 0 aliphatic rings. The zero-order valence-corrected chi connectivity index (χ0v) is 16.2. The molecule has 0 spiro atoms. The number of ketones is 1. The van der Waals surface area contributed by atoms with Crippen molar-refractivity contribution in [2.24, 2.45) is 0 Å². The fraction of sp³-hybridized carbons (Fsp3) is 0.333. The van der Waals surface area contributed by atoms with E-state index in [2.05, 4.69) is 0 Å². The highest BCUT2D eigenvalue weighted by Crippen LogP contribution is 2.38. The molecular weight excluding hydrogens is 348 g/mol.